The fraction of sp³-hybridized carbons (Fsp3) is 0.364. The second-order valence-electron chi connectivity index (χ2n) is 7.50. The topological polar surface area (TPSA) is 46.9 Å². The van der Waals surface area contributed by atoms with Crippen LogP contribution in [0.4, 0.5) is 4.39 Å². The van der Waals surface area contributed by atoms with Gasteiger partial charge in [-0.2, -0.15) is 0 Å². The lowest BCUT2D eigenvalue weighted by Gasteiger charge is -2.41. The number of rotatable bonds is 3. The van der Waals surface area contributed by atoms with Gasteiger partial charge in [-0.15, -0.1) is 0 Å². The number of benzene rings is 2. The van der Waals surface area contributed by atoms with Crippen LogP contribution in [0.3, 0.4) is 0 Å². The van der Waals surface area contributed by atoms with Crippen LogP contribution in [-0.2, 0) is 26.1 Å². The Kier molecular flexibility index (Phi) is 4.07. The maximum atomic E-state index is 14.0. The summed E-state index contributed by atoms with van der Waals surface area (Å²) < 4.78 is 26.9. The summed E-state index contributed by atoms with van der Waals surface area (Å²) in [6, 6.07) is 9.19. The molecule has 0 amide bonds. The molecular formula is C22H23FN2O3. The summed E-state index contributed by atoms with van der Waals surface area (Å²) in [6.07, 6.45) is 1.72. The van der Waals surface area contributed by atoms with Gasteiger partial charge in [0.2, 0.25) is 0 Å². The lowest BCUT2D eigenvalue weighted by Crippen LogP contribution is -2.39. The molecule has 146 valence electrons. The van der Waals surface area contributed by atoms with E-state index in [4.69, 9.17) is 9.47 Å². The molecule has 3 heterocycles. The van der Waals surface area contributed by atoms with E-state index < -0.39 is 0 Å². The third-order valence-electron chi connectivity index (χ3n) is 6.25. The molecule has 5 rings (SSSR count). The molecule has 1 N–H and O–H groups in total. The van der Waals surface area contributed by atoms with Gasteiger partial charge in [-0.1, -0.05) is 0 Å². The zero-order valence-corrected chi connectivity index (χ0v) is 16.0. The van der Waals surface area contributed by atoms with E-state index in [-0.39, 0.29) is 18.6 Å². The van der Waals surface area contributed by atoms with Gasteiger partial charge in [-0.3, -0.25) is 4.90 Å². The monoisotopic (exact) mass is 382 g/mol. The summed E-state index contributed by atoms with van der Waals surface area (Å²) in [5.74, 6) is 1.24. The minimum atomic E-state index is -0.247. The molecule has 0 radical (unpaired) electrons. The van der Waals surface area contributed by atoms with Crippen LogP contribution < -0.4 is 9.47 Å². The lowest BCUT2D eigenvalue weighted by molar-refractivity contribution is 0.145. The van der Waals surface area contributed by atoms with Gasteiger partial charge in [0, 0.05) is 30.2 Å². The van der Waals surface area contributed by atoms with Gasteiger partial charge in [0.05, 0.1) is 19.7 Å². The Morgan fingerprint density at radius 1 is 1.14 bits per heavy atom. The molecule has 0 spiro atoms. The number of hydrogen-bond acceptors (Lipinski definition) is 4. The van der Waals surface area contributed by atoms with E-state index >= 15 is 0 Å². The Morgan fingerprint density at radius 3 is 2.68 bits per heavy atom. The molecule has 0 aliphatic carbocycles. The summed E-state index contributed by atoms with van der Waals surface area (Å²) in [7, 11) is 3.31. The molecule has 0 saturated heterocycles. The van der Waals surface area contributed by atoms with Crippen LogP contribution in [0.2, 0.25) is 0 Å². The summed E-state index contributed by atoms with van der Waals surface area (Å²) in [6.45, 7) is 1.58. The van der Waals surface area contributed by atoms with E-state index in [0.717, 1.165) is 59.6 Å². The van der Waals surface area contributed by atoms with Crippen molar-refractivity contribution in [1.82, 2.24) is 9.47 Å². The predicted molar refractivity (Wildman–Crippen MR) is 104 cm³/mol. The maximum Gasteiger partial charge on any atom is 0.161 e. The first-order chi connectivity index (χ1) is 13.6. The van der Waals surface area contributed by atoms with Crippen LogP contribution in [0, 0.1) is 5.82 Å². The summed E-state index contributed by atoms with van der Waals surface area (Å²) in [5.41, 5.74) is 5.63. The highest BCUT2D eigenvalue weighted by molar-refractivity contribution is 5.86. The third kappa shape index (κ3) is 2.45. The number of ether oxygens (including phenoxy) is 2. The number of aliphatic hydroxyl groups excluding tert-OH is 1. The van der Waals surface area contributed by atoms with Crippen LogP contribution in [0.1, 0.15) is 28.4 Å². The van der Waals surface area contributed by atoms with Crippen LogP contribution >= 0.6 is 0 Å². The predicted octanol–water partition coefficient (Wildman–Crippen LogP) is 3.40. The molecule has 5 nitrogen and oxygen atoms in total. The lowest BCUT2D eigenvalue weighted by atomic mass is 9.85. The van der Waals surface area contributed by atoms with Crippen LogP contribution in [0.15, 0.2) is 30.3 Å². The fourth-order valence-electron chi connectivity index (χ4n) is 4.91. The molecule has 0 saturated carbocycles. The van der Waals surface area contributed by atoms with Crippen molar-refractivity contribution in [3.8, 4) is 11.5 Å². The Bertz CT molecular complexity index is 1080. The summed E-state index contributed by atoms with van der Waals surface area (Å²) in [5, 5.41) is 10.8. The van der Waals surface area contributed by atoms with Crippen molar-refractivity contribution < 1.29 is 19.0 Å². The smallest absolute Gasteiger partial charge is 0.161 e. The SMILES string of the molecule is COc1cc2c(cc1OC)C1Cc3c(n(CO)c4ccc(F)cc34)CN1CC2. The number of aromatic nitrogens is 1. The van der Waals surface area contributed by atoms with Gasteiger partial charge in [-0.25, -0.2) is 4.39 Å². The second kappa shape index (κ2) is 6.50. The molecule has 28 heavy (non-hydrogen) atoms. The summed E-state index contributed by atoms with van der Waals surface area (Å²) >= 11 is 0. The first kappa shape index (κ1) is 17.5. The number of methoxy groups -OCH3 is 2. The Labute approximate surface area is 162 Å². The molecule has 2 aliphatic rings. The van der Waals surface area contributed by atoms with Gasteiger partial charge in [0.1, 0.15) is 12.5 Å². The quantitative estimate of drug-likeness (QED) is 0.754. The van der Waals surface area contributed by atoms with Crippen molar-refractivity contribution in [2.75, 3.05) is 20.8 Å². The van der Waals surface area contributed by atoms with Crippen LogP contribution in [-0.4, -0.2) is 35.3 Å². The molecule has 2 aliphatic heterocycles. The minimum Gasteiger partial charge on any atom is -0.493 e. The van der Waals surface area contributed by atoms with Crippen molar-refractivity contribution >= 4 is 10.9 Å². The highest BCUT2D eigenvalue weighted by Gasteiger charge is 2.35. The molecule has 2 aromatic carbocycles. The van der Waals surface area contributed by atoms with E-state index in [9.17, 15) is 9.50 Å². The van der Waals surface area contributed by atoms with E-state index in [1.54, 1.807) is 26.4 Å². The van der Waals surface area contributed by atoms with Gasteiger partial charge in [0.25, 0.3) is 0 Å². The molecular weight excluding hydrogens is 359 g/mol. The number of nitrogens with zero attached hydrogens (tertiary/aromatic N) is 2. The number of halogens is 1. The highest BCUT2D eigenvalue weighted by atomic mass is 19.1. The second-order valence-corrected chi connectivity index (χ2v) is 7.50. The Hall–Kier alpha value is -2.57. The number of hydrogen-bond donors (Lipinski definition) is 1. The van der Waals surface area contributed by atoms with Gasteiger partial charge >= 0.3 is 0 Å². The molecule has 6 heteroatoms. The van der Waals surface area contributed by atoms with Crippen molar-refractivity contribution in [3.63, 3.8) is 0 Å². The molecule has 1 unspecified atom stereocenters. The van der Waals surface area contributed by atoms with E-state index in [1.807, 2.05) is 4.57 Å². The number of aliphatic hydroxyl groups is 1. The van der Waals surface area contributed by atoms with Crippen LogP contribution in [0.25, 0.3) is 10.9 Å². The number of fused-ring (bicyclic) bond motifs is 6. The van der Waals surface area contributed by atoms with Crippen molar-refractivity contribution in [3.05, 3.63) is 58.5 Å². The zero-order valence-electron chi connectivity index (χ0n) is 16.0. The average Bonchev–Trinajstić information content (AvgIpc) is 3.02. The molecule has 0 bridgehead atoms. The van der Waals surface area contributed by atoms with E-state index in [2.05, 4.69) is 17.0 Å². The average molecular weight is 382 g/mol. The molecule has 3 aromatic rings. The molecule has 0 fully saturated rings. The zero-order chi connectivity index (χ0) is 19.4. The Morgan fingerprint density at radius 2 is 1.93 bits per heavy atom. The van der Waals surface area contributed by atoms with Crippen LogP contribution in [0.5, 0.6) is 11.5 Å². The third-order valence-corrected chi connectivity index (χ3v) is 6.25. The first-order valence-corrected chi connectivity index (χ1v) is 9.53. The van der Waals surface area contributed by atoms with Crippen molar-refractivity contribution in [2.45, 2.75) is 32.2 Å². The van der Waals surface area contributed by atoms with Gasteiger partial charge in [-0.05, 0) is 59.9 Å². The van der Waals surface area contributed by atoms with Crippen molar-refractivity contribution in [2.24, 2.45) is 0 Å². The summed E-state index contributed by atoms with van der Waals surface area (Å²) in [4.78, 5) is 2.44. The molecule has 1 atom stereocenters. The minimum absolute atomic E-state index is 0.0996. The van der Waals surface area contributed by atoms with E-state index in [0.29, 0.717) is 0 Å². The maximum absolute atomic E-state index is 14.0. The normalized spacial score (nSPS) is 18.5. The Balaban J connectivity index is 1.66. The van der Waals surface area contributed by atoms with Gasteiger partial charge in [0.15, 0.2) is 11.5 Å². The van der Waals surface area contributed by atoms with Crippen molar-refractivity contribution in [1.29, 1.82) is 0 Å². The highest BCUT2D eigenvalue weighted by Crippen LogP contribution is 2.44. The fourth-order valence-corrected chi connectivity index (χ4v) is 4.91. The largest absolute Gasteiger partial charge is 0.493 e. The van der Waals surface area contributed by atoms with Gasteiger partial charge < -0.3 is 19.1 Å². The standard InChI is InChI=1S/C22H23FN2O3/c1-27-21-7-13-5-6-24-11-20-17(9-19(24)15(13)10-22(21)28-2)16-8-14(23)3-4-18(16)25(20)12-26/h3-4,7-8,10,19,26H,5-6,9,11-12H2,1-2H3. The van der Waals surface area contributed by atoms with E-state index in [1.165, 1.54) is 17.2 Å². The first-order valence-electron chi connectivity index (χ1n) is 9.53. The molecule has 1 aromatic heterocycles.